The number of fused-ring (bicyclic) bond motifs is 1. The summed E-state index contributed by atoms with van der Waals surface area (Å²) in [5, 5.41) is 4.27. The average molecular weight is 472 g/mol. The molecule has 1 aromatic heterocycles. The molecule has 0 saturated carbocycles. The van der Waals surface area contributed by atoms with Gasteiger partial charge < -0.3 is 5.32 Å². The number of benzene rings is 2. The van der Waals surface area contributed by atoms with Crippen molar-refractivity contribution in [1.29, 1.82) is 0 Å². The molecule has 170 valence electrons. The monoisotopic (exact) mass is 471 g/mol. The van der Waals surface area contributed by atoms with Crippen molar-refractivity contribution in [1.82, 2.24) is 9.29 Å². The minimum atomic E-state index is -3.52. The van der Waals surface area contributed by atoms with Gasteiger partial charge in [-0.3, -0.25) is 4.79 Å². The zero-order valence-electron chi connectivity index (χ0n) is 19.3. The van der Waals surface area contributed by atoms with E-state index in [1.165, 1.54) is 30.2 Å². The van der Waals surface area contributed by atoms with E-state index in [0.717, 1.165) is 32.8 Å². The Bertz CT molecular complexity index is 1270. The van der Waals surface area contributed by atoms with Crippen molar-refractivity contribution >= 4 is 44.3 Å². The summed E-state index contributed by atoms with van der Waals surface area (Å²) in [7, 11) is -0.494. The Morgan fingerprint density at radius 3 is 2.47 bits per heavy atom. The number of carbonyl (C=O) groups is 1. The molecule has 32 heavy (non-hydrogen) atoms. The lowest BCUT2D eigenvalue weighted by molar-refractivity contribution is -0.115. The SMILES string of the molecule is CCC(Sc1cc(C)c2cc(S(=O)(=O)N(C)C)ccc2n1)C(=O)Nc1cccc(C)c1C. The number of hydrogen-bond acceptors (Lipinski definition) is 5. The summed E-state index contributed by atoms with van der Waals surface area (Å²) in [6.07, 6.45) is 0.653. The van der Waals surface area contributed by atoms with Crippen LogP contribution in [-0.4, -0.2) is 43.0 Å². The molecule has 0 spiro atoms. The van der Waals surface area contributed by atoms with Gasteiger partial charge in [-0.1, -0.05) is 30.8 Å². The molecule has 0 aliphatic carbocycles. The van der Waals surface area contributed by atoms with Crippen molar-refractivity contribution in [3.63, 3.8) is 0 Å². The summed E-state index contributed by atoms with van der Waals surface area (Å²) in [5.41, 5.74) is 4.63. The maximum absolute atomic E-state index is 12.9. The van der Waals surface area contributed by atoms with E-state index < -0.39 is 10.0 Å². The maximum Gasteiger partial charge on any atom is 0.242 e. The molecule has 1 heterocycles. The highest BCUT2D eigenvalue weighted by Gasteiger charge is 2.21. The van der Waals surface area contributed by atoms with Gasteiger partial charge in [-0.15, -0.1) is 0 Å². The van der Waals surface area contributed by atoms with E-state index in [1.807, 2.05) is 52.0 Å². The first-order chi connectivity index (χ1) is 15.0. The van der Waals surface area contributed by atoms with Gasteiger partial charge in [0.05, 0.1) is 20.7 Å². The molecule has 1 atom stereocenters. The van der Waals surface area contributed by atoms with E-state index in [4.69, 9.17) is 0 Å². The Hall–Kier alpha value is -2.42. The summed E-state index contributed by atoms with van der Waals surface area (Å²) in [4.78, 5) is 17.9. The van der Waals surface area contributed by atoms with Gasteiger partial charge in [0.15, 0.2) is 0 Å². The maximum atomic E-state index is 12.9. The largest absolute Gasteiger partial charge is 0.325 e. The quantitative estimate of drug-likeness (QED) is 0.495. The van der Waals surface area contributed by atoms with Crippen LogP contribution >= 0.6 is 11.8 Å². The molecule has 0 aliphatic rings. The summed E-state index contributed by atoms with van der Waals surface area (Å²) in [6.45, 7) is 7.93. The van der Waals surface area contributed by atoms with Crippen molar-refractivity contribution in [2.45, 2.75) is 49.3 Å². The lowest BCUT2D eigenvalue weighted by atomic mass is 10.1. The van der Waals surface area contributed by atoms with Crippen LogP contribution in [0.25, 0.3) is 10.9 Å². The minimum absolute atomic E-state index is 0.0572. The van der Waals surface area contributed by atoms with Crippen LogP contribution in [0.4, 0.5) is 5.69 Å². The van der Waals surface area contributed by atoms with Crippen LogP contribution in [0.3, 0.4) is 0 Å². The molecule has 1 amide bonds. The molecule has 0 radical (unpaired) electrons. The third-order valence-corrected chi connectivity index (χ3v) is 8.62. The van der Waals surface area contributed by atoms with Crippen LogP contribution < -0.4 is 5.32 Å². The van der Waals surface area contributed by atoms with Gasteiger partial charge in [-0.2, -0.15) is 0 Å². The zero-order valence-corrected chi connectivity index (χ0v) is 20.9. The second-order valence-corrected chi connectivity index (χ2v) is 11.4. The van der Waals surface area contributed by atoms with E-state index in [-0.39, 0.29) is 16.1 Å². The Balaban J connectivity index is 1.87. The van der Waals surface area contributed by atoms with Crippen molar-refractivity contribution in [2.24, 2.45) is 0 Å². The topological polar surface area (TPSA) is 79.4 Å². The summed E-state index contributed by atoms with van der Waals surface area (Å²) in [6, 6.07) is 12.7. The predicted octanol–water partition coefficient (Wildman–Crippen LogP) is 4.92. The number of carbonyl (C=O) groups excluding carboxylic acids is 1. The third kappa shape index (κ3) is 4.98. The number of hydrogen-bond donors (Lipinski definition) is 1. The molecular formula is C24H29N3O3S2. The van der Waals surface area contributed by atoms with Gasteiger partial charge in [0.1, 0.15) is 0 Å². The van der Waals surface area contributed by atoms with Crippen molar-refractivity contribution in [2.75, 3.05) is 19.4 Å². The Kier molecular flexibility index (Phi) is 7.27. The minimum Gasteiger partial charge on any atom is -0.325 e. The molecule has 0 fully saturated rings. The number of amides is 1. The molecule has 3 aromatic rings. The van der Waals surface area contributed by atoms with Crippen LogP contribution in [0.5, 0.6) is 0 Å². The molecule has 1 N–H and O–H groups in total. The molecule has 0 aliphatic heterocycles. The number of pyridine rings is 1. The first-order valence-corrected chi connectivity index (χ1v) is 12.7. The number of thioether (sulfide) groups is 1. The van der Waals surface area contributed by atoms with Gasteiger partial charge in [0, 0.05) is 25.2 Å². The van der Waals surface area contributed by atoms with Crippen LogP contribution in [0, 0.1) is 20.8 Å². The zero-order chi connectivity index (χ0) is 23.6. The molecule has 1 unspecified atom stereocenters. The van der Waals surface area contributed by atoms with Crippen LogP contribution in [0.1, 0.15) is 30.0 Å². The molecule has 0 bridgehead atoms. The number of anilines is 1. The van der Waals surface area contributed by atoms with Crippen molar-refractivity contribution in [3.8, 4) is 0 Å². The highest BCUT2D eigenvalue weighted by atomic mass is 32.2. The summed E-state index contributed by atoms with van der Waals surface area (Å²) < 4.78 is 26.1. The van der Waals surface area contributed by atoms with E-state index in [1.54, 1.807) is 18.2 Å². The molecule has 3 rings (SSSR count). The molecule has 2 aromatic carbocycles. The van der Waals surface area contributed by atoms with E-state index in [0.29, 0.717) is 11.9 Å². The van der Waals surface area contributed by atoms with Crippen LogP contribution in [0.15, 0.2) is 52.4 Å². The van der Waals surface area contributed by atoms with Gasteiger partial charge in [-0.05, 0) is 74.2 Å². The summed E-state index contributed by atoms with van der Waals surface area (Å²) in [5.74, 6) is -0.0572. The number of aryl methyl sites for hydroxylation is 2. The molecular weight excluding hydrogens is 442 g/mol. The molecule has 0 saturated heterocycles. The highest BCUT2D eigenvalue weighted by molar-refractivity contribution is 8.00. The smallest absolute Gasteiger partial charge is 0.242 e. The second kappa shape index (κ2) is 9.60. The van der Waals surface area contributed by atoms with Crippen LogP contribution in [0.2, 0.25) is 0 Å². The fraction of sp³-hybridized carbons (Fsp3) is 0.333. The first kappa shape index (κ1) is 24.2. The second-order valence-electron chi connectivity index (χ2n) is 8.00. The molecule has 6 nitrogen and oxygen atoms in total. The van der Waals surface area contributed by atoms with E-state index >= 15 is 0 Å². The van der Waals surface area contributed by atoms with E-state index in [9.17, 15) is 13.2 Å². The van der Waals surface area contributed by atoms with E-state index in [2.05, 4.69) is 10.3 Å². The summed E-state index contributed by atoms with van der Waals surface area (Å²) >= 11 is 1.42. The Labute approximate surface area is 194 Å². The van der Waals surface area contributed by atoms with Gasteiger partial charge in [-0.25, -0.2) is 17.7 Å². The van der Waals surface area contributed by atoms with Gasteiger partial charge >= 0.3 is 0 Å². The third-order valence-electron chi connectivity index (χ3n) is 5.53. The Morgan fingerprint density at radius 2 is 1.81 bits per heavy atom. The lowest BCUT2D eigenvalue weighted by Crippen LogP contribution is -2.25. The standard InChI is InChI=1S/C24H29N3O3S2/c1-7-22(24(28)26-20-10-8-9-15(2)17(20)4)31-23-13-16(3)19-14-18(11-12-21(19)25-23)32(29,30)27(5)6/h8-14,22H,7H2,1-6H3,(H,26,28). The lowest BCUT2D eigenvalue weighted by Gasteiger charge is -2.17. The van der Waals surface area contributed by atoms with Gasteiger partial charge in [0.2, 0.25) is 15.9 Å². The van der Waals surface area contributed by atoms with Crippen molar-refractivity contribution < 1.29 is 13.2 Å². The first-order valence-electron chi connectivity index (χ1n) is 10.4. The predicted molar refractivity (Wildman–Crippen MR) is 132 cm³/mol. The number of rotatable bonds is 7. The van der Waals surface area contributed by atoms with Gasteiger partial charge in [0.25, 0.3) is 0 Å². The average Bonchev–Trinajstić information content (AvgIpc) is 2.74. The van der Waals surface area contributed by atoms with Crippen LogP contribution in [-0.2, 0) is 14.8 Å². The number of sulfonamides is 1. The Morgan fingerprint density at radius 1 is 1.09 bits per heavy atom. The number of nitrogens with zero attached hydrogens (tertiary/aromatic N) is 2. The molecule has 8 heteroatoms. The number of aromatic nitrogens is 1. The van der Waals surface area contributed by atoms with Crippen molar-refractivity contribution in [3.05, 3.63) is 59.2 Å². The fourth-order valence-corrected chi connectivity index (χ4v) is 5.29. The highest BCUT2D eigenvalue weighted by Crippen LogP contribution is 2.30. The number of nitrogens with one attached hydrogen (secondary N) is 1. The normalized spacial score (nSPS) is 12.8. The fourth-order valence-electron chi connectivity index (χ4n) is 3.34.